The van der Waals surface area contributed by atoms with E-state index in [0.717, 1.165) is 27.8 Å². The minimum atomic E-state index is 0.665. The number of benzene rings is 3. The van der Waals surface area contributed by atoms with E-state index in [1.165, 1.54) is 0 Å². The summed E-state index contributed by atoms with van der Waals surface area (Å²) in [4.78, 5) is 0. The summed E-state index contributed by atoms with van der Waals surface area (Å²) in [6, 6.07) is 25.9. The van der Waals surface area contributed by atoms with Crippen LogP contribution in [0.3, 0.4) is 0 Å². The number of nitriles is 2. The van der Waals surface area contributed by atoms with Gasteiger partial charge in [-0.2, -0.15) is 10.5 Å². The average Bonchev–Trinajstić information content (AvgIpc) is 2.62. The van der Waals surface area contributed by atoms with Crippen molar-refractivity contribution in [3.05, 3.63) is 83.4 Å². The lowest BCUT2D eigenvalue weighted by Crippen LogP contribution is -1.86. The summed E-state index contributed by atoms with van der Waals surface area (Å²) in [5.74, 6) is 0. The molecule has 0 unspecified atom stereocenters. The highest BCUT2D eigenvalue weighted by molar-refractivity contribution is 5.72. The van der Waals surface area contributed by atoms with Gasteiger partial charge in [0.2, 0.25) is 0 Å². The topological polar surface area (TPSA) is 47.6 Å². The highest BCUT2D eigenvalue weighted by Crippen LogP contribution is 2.27. The molecule has 0 aliphatic rings. The molecule has 0 N–H and O–H groups in total. The van der Waals surface area contributed by atoms with Crippen molar-refractivity contribution in [3.8, 4) is 34.4 Å². The summed E-state index contributed by atoms with van der Waals surface area (Å²) in [7, 11) is 0. The molecule has 0 heterocycles. The van der Waals surface area contributed by atoms with Crippen LogP contribution in [0.1, 0.15) is 16.7 Å². The molecule has 0 saturated carbocycles. The van der Waals surface area contributed by atoms with Gasteiger partial charge in [0.1, 0.15) is 0 Å². The van der Waals surface area contributed by atoms with Crippen molar-refractivity contribution in [2.24, 2.45) is 0 Å². The van der Waals surface area contributed by atoms with Crippen LogP contribution in [0.4, 0.5) is 0 Å². The van der Waals surface area contributed by atoms with Crippen LogP contribution >= 0.6 is 0 Å². The van der Waals surface area contributed by atoms with E-state index in [1.54, 1.807) is 0 Å². The Kier molecular flexibility index (Phi) is 3.91. The van der Waals surface area contributed by atoms with Gasteiger partial charge in [-0.05, 0) is 59.0 Å². The third-order valence-corrected chi connectivity index (χ3v) is 3.90. The van der Waals surface area contributed by atoms with Crippen molar-refractivity contribution in [2.45, 2.75) is 6.92 Å². The van der Waals surface area contributed by atoms with E-state index < -0.39 is 0 Å². The van der Waals surface area contributed by atoms with Gasteiger partial charge in [-0.15, -0.1) is 0 Å². The maximum atomic E-state index is 8.95. The zero-order valence-corrected chi connectivity index (χ0v) is 12.7. The molecule has 0 spiro atoms. The van der Waals surface area contributed by atoms with Crippen molar-refractivity contribution in [1.29, 1.82) is 10.5 Å². The van der Waals surface area contributed by atoms with Crippen molar-refractivity contribution in [3.63, 3.8) is 0 Å². The maximum absolute atomic E-state index is 8.95. The van der Waals surface area contributed by atoms with Gasteiger partial charge in [-0.1, -0.05) is 42.5 Å². The Bertz CT molecular complexity index is 922. The van der Waals surface area contributed by atoms with Crippen LogP contribution in [0.5, 0.6) is 0 Å². The third-order valence-electron chi connectivity index (χ3n) is 3.90. The van der Waals surface area contributed by atoms with Gasteiger partial charge in [0.15, 0.2) is 0 Å². The number of nitrogens with zero attached hydrogens (tertiary/aromatic N) is 2. The zero-order valence-electron chi connectivity index (χ0n) is 12.7. The van der Waals surface area contributed by atoms with Crippen LogP contribution in [0.2, 0.25) is 0 Å². The smallest absolute Gasteiger partial charge is 0.0991 e. The van der Waals surface area contributed by atoms with Crippen molar-refractivity contribution in [2.75, 3.05) is 0 Å². The molecule has 0 radical (unpaired) electrons. The molecule has 0 aliphatic heterocycles. The predicted octanol–water partition coefficient (Wildman–Crippen LogP) is 5.07. The first-order chi connectivity index (χ1) is 11.2. The van der Waals surface area contributed by atoms with Crippen molar-refractivity contribution >= 4 is 0 Å². The van der Waals surface area contributed by atoms with Gasteiger partial charge in [-0.25, -0.2) is 0 Å². The molecule has 0 saturated heterocycles. The molecule has 0 bridgehead atoms. The Morgan fingerprint density at radius 2 is 1.09 bits per heavy atom. The first-order valence-corrected chi connectivity index (χ1v) is 7.33. The van der Waals surface area contributed by atoms with E-state index >= 15 is 0 Å². The minimum Gasteiger partial charge on any atom is -0.192 e. The number of aryl methyl sites for hydroxylation is 1. The highest BCUT2D eigenvalue weighted by atomic mass is 14.2. The fourth-order valence-electron chi connectivity index (χ4n) is 2.64. The Hall–Kier alpha value is -3.36. The monoisotopic (exact) mass is 294 g/mol. The van der Waals surface area contributed by atoms with Crippen LogP contribution in [-0.4, -0.2) is 0 Å². The zero-order chi connectivity index (χ0) is 16.2. The van der Waals surface area contributed by atoms with Crippen LogP contribution in [0.25, 0.3) is 22.3 Å². The number of rotatable bonds is 2. The molecule has 3 aromatic rings. The lowest BCUT2D eigenvalue weighted by molar-refractivity contribution is 1.41. The third kappa shape index (κ3) is 2.98. The molecule has 0 fully saturated rings. The SMILES string of the molecule is Cc1cc(C#N)ccc1-c1ccc(-c2ccc(C#N)cc2)cc1. The Morgan fingerprint density at radius 3 is 1.61 bits per heavy atom. The lowest BCUT2D eigenvalue weighted by atomic mass is 9.96. The first kappa shape index (κ1) is 14.6. The molecule has 0 aliphatic carbocycles. The van der Waals surface area contributed by atoms with Crippen LogP contribution in [-0.2, 0) is 0 Å². The summed E-state index contributed by atoms with van der Waals surface area (Å²) in [5.41, 5.74) is 6.91. The highest BCUT2D eigenvalue weighted by Gasteiger charge is 2.04. The Balaban J connectivity index is 1.93. The van der Waals surface area contributed by atoms with Crippen molar-refractivity contribution in [1.82, 2.24) is 0 Å². The van der Waals surface area contributed by atoms with Crippen LogP contribution in [0.15, 0.2) is 66.7 Å². The maximum Gasteiger partial charge on any atom is 0.0991 e. The first-order valence-electron chi connectivity index (χ1n) is 7.33. The van der Waals surface area contributed by atoms with Gasteiger partial charge >= 0.3 is 0 Å². The number of hydrogen-bond acceptors (Lipinski definition) is 2. The van der Waals surface area contributed by atoms with Gasteiger partial charge < -0.3 is 0 Å². The van der Waals surface area contributed by atoms with E-state index in [-0.39, 0.29) is 0 Å². The van der Waals surface area contributed by atoms with Gasteiger partial charge in [0.25, 0.3) is 0 Å². The summed E-state index contributed by atoms with van der Waals surface area (Å²) >= 11 is 0. The normalized spacial score (nSPS) is 9.87. The molecular formula is C21H14N2. The van der Waals surface area contributed by atoms with E-state index in [9.17, 15) is 0 Å². The fourth-order valence-corrected chi connectivity index (χ4v) is 2.64. The predicted molar refractivity (Wildman–Crippen MR) is 91.5 cm³/mol. The lowest BCUT2D eigenvalue weighted by Gasteiger charge is -2.08. The average molecular weight is 294 g/mol. The molecular weight excluding hydrogens is 280 g/mol. The second-order valence-electron chi connectivity index (χ2n) is 5.41. The van der Waals surface area contributed by atoms with E-state index in [2.05, 4.69) is 36.4 Å². The van der Waals surface area contributed by atoms with Gasteiger partial charge in [0.05, 0.1) is 23.3 Å². The summed E-state index contributed by atoms with van der Waals surface area (Å²) in [6.45, 7) is 2.02. The molecule has 0 atom stereocenters. The van der Waals surface area contributed by atoms with E-state index in [4.69, 9.17) is 10.5 Å². The standard InChI is InChI=1S/C21H14N2/c1-15-12-17(14-23)4-11-21(15)20-9-7-19(8-10-20)18-5-2-16(13-22)3-6-18/h2-12H,1H3. The molecule has 23 heavy (non-hydrogen) atoms. The quantitative estimate of drug-likeness (QED) is 0.662. The molecule has 0 amide bonds. The fraction of sp³-hybridized carbons (Fsp3) is 0.0476. The summed E-state index contributed by atoms with van der Waals surface area (Å²) in [5, 5.41) is 17.8. The molecule has 3 aromatic carbocycles. The molecule has 2 nitrogen and oxygen atoms in total. The summed E-state index contributed by atoms with van der Waals surface area (Å²) in [6.07, 6.45) is 0. The molecule has 0 aromatic heterocycles. The van der Waals surface area contributed by atoms with Crippen LogP contribution < -0.4 is 0 Å². The van der Waals surface area contributed by atoms with E-state index in [0.29, 0.717) is 11.1 Å². The van der Waals surface area contributed by atoms with E-state index in [1.807, 2.05) is 49.4 Å². The Labute approximate surface area is 135 Å². The number of hydrogen-bond donors (Lipinski definition) is 0. The van der Waals surface area contributed by atoms with Gasteiger partial charge in [0, 0.05) is 0 Å². The molecule has 108 valence electrons. The summed E-state index contributed by atoms with van der Waals surface area (Å²) < 4.78 is 0. The second-order valence-corrected chi connectivity index (χ2v) is 5.41. The van der Waals surface area contributed by atoms with Crippen molar-refractivity contribution < 1.29 is 0 Å². The molecule has 2 heteroatoms. The minimum absolute atomic E-state index is 0.665. The molecule has 3 rings (SSSR count). The van der Waals surface area contributed by atoms with Crippen LogP contribution in [0, 0.1) is 29.6 Å². The Morgan fingerprint density at radius 1 is 0.609 bits per heavy atom. The second kappa shape index (κ2) is 6.18. The van der Waals surface area contributed by atoms with Gasteiger partial charge in [-0.3, -0.25) is 0 Å². The largest absolute Gasteiger partial charge is 0.192 e.